The molecule has 2 aliphatic rings. The van der Waals surface area contributed by atoms with E-state index in [2.05, 4.69) is 15.2 Å². The van der Waals surface area contributed by atoms with Crippen molar-refractivity contribution in [3.8, 4) is 0 Å². The Morgan fingerprint density at radius 1 is 1.52 bits per heavy atom. The molecule has 2 aromatic rings. The average molecular weight is 330 g/mol. The van der Waals surface area contributed by atoms with E-state index in [-0.39, 0.29) is 18.1 Å². The number of ether oxygens (including phenoxy) is 1. The van der Waals surface area contributed by atoms with Crippen LogP contribution in [0.5, 0.6) is 0 Å². The molecule has 2 aromatic heterocycles. The molecule has 1 amide bonds. The minimum atomic E-state index is -0.0473. The summed E-state index contributed by atoms with van der Waals surface area (Å²) in [5.74, 6) is 1.96. The standard InChI is InChI=1S/C16H18N4O2S/c1-10-17-16(19-18-10)13-7-11-8-20(9-14(11)22-13)15(21)5-4-12-3-2-6-23-12/h2-6,11,13-14H,7-9H2,1H3,(H,17,18,19)/b5-4+/t11-,13-,14+/m0/s1. The molecular weight excluding hydrogens is 312 g/mol. The molecule has 4 rings (SSSR count). The maximum atomic E-state index is 12.3. The molecule has 23 heavy (non-hydrogen) atoms. The third kappa shape index (κ3) is 2.94. The number of hydrogen-bond donors (Lipinski definition) is 1. The summed E-state index contributed by atoms with van der Waals surface area (Å²) in [6.45, 7) is 3.28. The van der Waals surface area contributed by atoms with Gasteiger partial charge in [0.15, 0.2) is 5.82 Å². The van der Waals surface area contributed by atoms with Gasteiger partial charge in [-0.15, -0.1) is 11.3 Å². The molecule has 4 heterocycles. The first kappa shape index (κ1) is 14.6. The Balaban J connectivity index is 1.35. The van der Waals surface area contributed by atoms with Crippen molar-refractivity contribution in [3.05, 3.63) is 40.1 Å². The average Bonchev–Trinajstić information content (AvgIpc) is 3.27. The number of hydrogen-bond acceptors (Lipinski definition) is 5. The Morgan fingerprint density at radius 2 is 2.43 bits per heavy atom. The van der Waals surface area contributed by atoms with E-state index < -0.39 is 0 Å². The molecule has 2 aliphatic heterocycles. The molecule has 120 valence electrons. The second-order valence-corrected chi connectivity index (χ2v) is 7.01. The van der Waals surface area contributed by atoms with E-state index in [1.807, 2.05) is 35.4 Å². The fourth-order valence-electron chi connectivity index (χ4n) is 3.26. The lowest BCUT2D eigenvalue weighted by Crippen LogP contribution is -2.29. The quantitative estimate of drug-likeness (QED) is 0.876. The van der Waals surface area contributed by atoms with Gasteiger partial charge in [0, 0.05) is 30.0 Å². The number of amides is 1. The number of H-pyrrole nitrogens is 1. The summed E-state index contributed by atoms with van der Waals surface area (Å²) in [7, 11) is 0. The number of fused-ring (bicyclic) bond motifs is 1. The van der Waals surface area contributed by atoms with Crippen molar-refractivity contribution in [1.29, 1.82) is 0 Å². The van der Waals surface area contributed by atoms with Crippen LogP contribution in [0.2, 0.25) is 0 Å². The first-order valence-corrected chi connectivity index (χ1v) is 8.62. The second-order valence-electron chi connectivity index (χ2n) is 6.03. The Bertz CT molecular complexity index is 710. The van der Waals surface area contributed by atoms with Gasteiger partial charge < -0.3 is 9.64 Å². The van der Waals surface area contributed by atoms with Crippen molar-refractivity contribution in [3.63, 3.8) is 0 Å². The van der Waals surface area contributed by atoms with Crippen LogP contribution < -0.4 is 0 Å². The van der Waals surface area contributed by atoms with Crippen LogP contribution in [-0.4, -0.2) is 45.2 Å². The van der Waals surface area contributed by atoms with E-state index in [0.29, 0.717) is 12.5 Å². The molecule has 7 heteroatoms. The summed E-state index contributed by atoms with van der Waals surface area (Å²) in [6.07, 6.45) is 4.46. The smallest absolute Gasteiger partial charge is 0.246 e. The van der Waals surface area contributed by atoms with Gasteiger partial charge in [0.1, 0.15) is 11.9 Å². The maximum absolute atomic E-state index is 12.3. The van der Waals surface area contributed by atoms with Crippen LogP contribution in [0.15, 0.2) is 23.6 Å². The molecule has 0 spiro atoms. The first-order valence-electron chi connectivity index (χ1n) is 7.74. The highest BCUT2D eigenvalue weighted by Crippen LogP contribution is 2.39. The predicted molar refractivity (Wildman–Crippen MR) is 86.8 cm³/mol. The Kier molecular flexibility index (Phi) is 3.74. The lowest BCUT2D eigenvalue weighted by atomic mass is 10.0. The van der Waals surface area contributed by atoms with E-state index in [9.17, 15) is 4.79 Å². The summed E-state index contributed by atoms with van der Waals surface area (Å²) in [5, 5.41) is 9.04. The maximum Gasteiger partial charge on any atom is 0.246 e. The highest BCUT2D eigenvalue weighted by molar-refractivity contribution is 7.10. The number of likely N-dealkylation sites (tertiary alicyclic amines) is 1. The number of aryl methyl sites for hydroxylation is 1. The third-order valence-electron chi connectivity index (χ3n) is 4.38. The minimum Gasteiger partial charge on any atom is -0.365 e. The lowest BCUT2D eigenvalue weighted by Gasteiger charge is -2.16. The van der Waals surface area contributed by atoms with Crippen LogP contribution in [0.4, 0.5) is 0 Å². The zero-order valence-corrected chi connectivity index (χ0v) is 13.6. The Hall–Kier alpha value is -1.99. The number of nitrogens with zero attached hydrogens (tertiary/aromatic N) is 3. The number of nitrogens with one attached hydrogen (secondary N) is 1. The van der Waals surface area contributed by atoms with Gasteiger partial charge in [-0.25, -0.2) is 4.98 Å². The van der Waals surface area contributed by atoms with E-state index in [0.717, 1.165) is 29.5 Å². The molecule has 0 aromatic carbocycles. The molecule has 2 saturated heterocycles. The fourth-order valence-corrected chi connectivity index (χ4v) is 3.88. The first-order chi connectivity index (χ1) is 11.2. The van der Waals surface area contributed by atoms with E-state index in [4.69, 9.17) is 4.74 Å². The second kappa shape index (κ2) is 5.90. The topological polar surface area (TPSA) is 71.1 Å². The number of carbonyl (C=O) groups excluding carboxylic acids is 1. The van der Waals surface area contributed by atoms with Crippen molar-refractivity contribution in [2.75, 3.05) is 13.1 Å². The summed E-state index contributed by atoms with van der Waals surface area (Å²) in [5.41, 5.74) is 0. The molecule has 0 saturated carbocycles. The monoisotopic (exact) mass is 330 g/mol. The zero-order chi connectivity index (χ0) is 15.8. The van der Waals surface area contributed by atoms with Crippen molar-refractivity contribution in [2.45, 2.75) is 25.6 Å². The highest BCUT2D eigenvalue weighted by atomic mass is 32.1. The van der Waals surface area contributed by atoms with Crippen LogP contribution in [0.3, 0.4) is 0 Å². The molecule has 1 N–H and O–H groups in total. The highest BCUT2D eigenvalue weighted by Gasteiger charge is 2.44. The van der Waals surface area contributed by atoms with E-state index in [1.165, 1.54) is 0 Å². The van der Waals surface area contributed by atoms with Crippen LogP contribution in [0.25, 0.3) is 6.08 Å². The van der Waals surface area contributed by atoms with Gasteiger partial charge in [0.25, 0.3) is 0 Å². The largest absolute Gasteiger partial charge is 0.365 e. The number of rotatable bonds is 3. The number of carbonyl (C=O) groups is 1. The SMILES string of the molecule is Cc1nc([C@@H]2C[C@H]3CN(C(=O)/C=C/c4cccs4)C[C@H]3O2)n[nH]1. The van der Waals surface area contributed by atoms with Crippen LogP contribution >= 0.6 is 11.3 Å². The van der Waals surface area contributed by atoms with Crippen molar-refractivity contribution < 1.29 is 9.53 Å². The lowest BCUT2D eigenvalue weighted by molar-refractivity contribution is -0.125. The van der Waals surface area contributed by atoms with Gasteiger partial charge in [-0.05, 0) is 30.9 Å². The molecule has 3 atom stereocenters. The summed E-state index contributed by atoms with van der Waals surface area (Å²) >= 11 is 1.63. The van der Waals surface area contributed by atoms with Gasteiger partial charge in [0.05, 0.1) is 6.10 Å². The summed E-state index contributed by atoms with van der Waals surface area (Å²) < 4.78 is 6.05. The Labute approximate surface area is 138 Å². The van der Waals surface area contributed by atoms with Crippen molar-refractivity contribution in [2.24, 2.45) is 5.92 Å². The van der Waals surface area contributed by atoms with E-state index >= 15 is 0 Å². The molecule has 0 unspecified atom stereocenters. The van der Waals surface area contributed by atoms with Gasteiger partial charge in [-0.1, -0.05) is 6.07 Å². The van der Waals surface area contributed by atoms with Crippen molar-refractivity contribution in [1.82, 2.24) is 20.1 Å². The van der Waals surface area contributed by atoms with Crippen LogP contribution in [0.1, 0.15) is 29.1 Å². The summed E-state index contributed by atoms with van der Waals surface area (Å²) in [4.78, 5) is 19.6. The van der Waals surface area contributed by atoms with Gasteiger partial charge in [-0.3, -0.25) is 9.89 Å². The number of aromatic nitrogens is 3. The molecule has 0 radical (unpaired) electrons. The number of thiophene rings is 1. The normalized spacial score (nSPS) is 27.0. The van der Waals surface area contributed by atoms with Crippen molar-refractivity contribution >= 4 is 23.3 Å². The zero-order valence-electron chi connectivity index (χ0n) is 12.8. The number of aromatic amines is 1. The fraction of sp³-hybridized carbons (Fsp3) is 0.438. The van der Waals surface area contributed by atoms with Crippen LogP contribution in [0, 0.1) is 12.8 Å². The molecular formula is C16H18N4O2S. The van der Waals surface area contributed by atoms with Gasteiger partial charge in [-0.2, -0.15) is 5.10 Å². The van der Waals surface area contributed by atoms with Gasteiger partial charge in [0.2, 0.25) is 5.91 Å². The predicted octanol–water partition coefficient (Wildman–Crippen LogP) is 2.18. The van der Waals surface area contributed by atoms with Crippen LogP contribution in [-0.2, 0) is 9.53 Å². The molecule has 6 nitrogen and oxygen atoms in total. The van der Waals surface area contributed by atoms with E-state index in [1.54, 1.807) is 17.4 Å². The summed E-state index contributed by atoms with van der Waals surface area (Å²) in [6, 6.07) is 3.98. The third-order valence-corrected chi connectivity index (χ3v) is 5.22. The van der Waals surface area contributed by atoms with Gasteiger partial charge >= 0.3 is 0 Å². The minimum absolute atomic E-state index is 0.0473. The molecule has 2 fully saturated rings. The molecule has 0 bridgehead atoms. The Morgan fingerprint density at radius 3 is 3.13 bits per heavy atom. The molecule has 0 aliphatic carbocycles.